The van der Waals surface area contributed by atoms with Crippen LogP contribution in [0.5, 0.6) is 0 Å². The van der Waals surface area contributed by atoms with Crippen molar-refractivity contribution < 1.29 is 18.8 Å². The Morgan fingerprint density at radius 2 is 2.04 bits per heavy atom. The third-order valence-corrected chi connectivity index (χ3v) is 4.92. The van der Waals surface area contributed by atoms with E-state index in [2.05, 4.69) is 10.5 Å². The lowest BCUT2D eigenvalue weighted by molar-refractivity contribution is -0.00549. The molecule has 6 nitrogen and oxygen atoms in total. The highest BCUT2D eigenvalue weighted by molar-refractivity contribution is 5.92. The molecule has 2 unspecified atom stereocenters. The van der Waals surface area contributed by atoms with Gasteiger partial charge in [0.15, 0.2) is 11.6 Å². The summed E-state index contributed by atoms with van der Waals surface area (Å²) in [6.07, 6.45) is 2.43. The summed E-state index contributed by atoms with van der Waals surface area (Å²) in [5.74, 6) is 0.755. The Hall–Kier alpha value is -1.86. The van der Waals surface area contributed by atoms with Crippen LogP contribution in [-0.4, -0.2) is 42.1 Å². The zero-order valence-corrected chi connectivity index (χ0v) is 14.6. The van der Waals surface area contributed by atoms with Crippen LogP contribution in [0.15, 0.2) is 10.6 Å². The fourth-order valence-corrected chi connectivity index (χ4v) is 3.59. The van der Waals surface area contributed by atoms with Crippen LogP contribution in [0, 0.1) is 11.7 Å². The van der Waals surface area contributed by atoms with Gasteiger partial charge in [-0.05, 0) is 38.7 Å². The van der Waals surface area contributed by atoms with Crippen molar-refractivity contribution in [2.75, 3.05) is 29.9 Å². The zero-order valence-electron chi connectivity index (χ0n) is 14.6. The number of rotatable bonds is 5. The van der Waals surface area contributed by atoms with E-state index in [1.807, 2.05) is 18.7 Å². The van der Waals surface area contributed by atoms with Gasteiger partial charge in [-0.3, -0.25) is 0 Å². The summed E-state index contributed by atoms with van der Waals surface area (Å²) in [5, 5.41) is 17.6. The zero-order chi connectivity index (χ0) is 17.6. The summed E-state index contributed by atoms with van der Waals surface area (Å²) < 4.78 is 26.2. The van der Waals surface area contributed by atoms with Crippen molar-refractivity contribution in [2.24, 2.45) is 5.92 Å². The van der Waals surface area contributed by atoms with Crippen LogP contribution in [0.25, 0.3) is 11.0 Å². The van der Waals surface area contributed by atoms with Gasteiger partial charge in [-0.2, -0.15) is 0 Å². The number of ether oxygens (including phenoxy) is 1. The topological polar surface area (TPSA) is 70.8 Å². The number of aromatic nitrogens is 1. The Kier molecular flexibility index (Phi) is 4.29. The van der Waals surface area contributed by atoms with Gasteiger partial charge in [0.1, 0.15) is 0 Å². The minimum Gasteiger partial charge on any atom is -0.392 e. The lowest BCUT2D eigenvalue weighted by atomic mass is 10.1. The quantitative estimate of drug-likeness (QED) is 0.865. The van der Waals surface area contributed by atoms with E-state index in [0.29, 0.717) is 41.5 Å². The molecule has 4 rings (SSSR count). The van der Waals surface area contributed by atoms with Crippen LogP contribution in [0.3, 0.4) is 0 Å². The number of nitrogens with zero attached hydrogens (tertiary/aromatic N) is 2. The van der Waals surface area contributed by atoms with Crippen molar-refractivity contribution in [3.8, 4) is 0 Å². The largest absolute Gasteiger partial charge is 0.392 e. The number of hydrogen-bond donors (Lipinski definition) is 2. The summed E-state index contributed by atoms with van der Waals surface area (Å²) in [4.78, 5) is 1.93. The van der Waals surface area contributed by atoms with Crippen molar-refractivity contribution in [1.82, 2.24) is 5.16 Å². The Bertz CT molecular complexity index is 765. The molecule has 2 heterocycles. The Balaban J connectivity index is 1.72. The maximum Gasteiger partial charge on any atom is 0.206 e. The van der Waals surface area contributed by atoms with Gasteiger partial charge in [0.25, 0.3) is 0 Å². The molecule has 1 saturated heterocycles. The van der Waals surface area contributed by atoms with Crippen molar-refractivity contribution in [1.29, 1.82) is 0 Å². The monoisotopic (exact) mass is 349 g/mol. The number of nitrogens with one attached hydrogen (secondary N) is 1. The molecule has 7 heteroatoms. The SMILES string of the molecule is CC1CN(c2c(CO)cc3c(NCC4CC4)noc3c2F)CC(C)O1. The molecule has 1 saturated carbocycles. The Morgan fingerprint density at radius 3 is 2.68 bits per heavy atom. The van der Waals surface area contributed by atoms with Gasteiger partial charge >= 0.3 is 0 Å². The first kappa shape index (κ1) is 16.6. The van der Waals surface area contributed by atoms with Gasteiger partial charge in [-0.1, -0.05) is 5.16 Å². The summed E-state index contributed by atoms with van der Waals surface area (Å²) in [7, 11) is 0. The minimum absolute atomic E-state index is 0.00381. The maximum absolute atomic E-state index is 15.2. The van der Waals surface area contributed by atoms with Crippen LogP contribution in [0.1, 0.15) is 32.3 Å². The minimum atomic E-state index is -0.463. The first-order valence-corrected chi connectivity index (χ1v) is 8.92. The molecule has 0 radical (unpaired) electrons. The summed E-state index contributed by atoms with van der Waals surface area (Å²) >= 11 is 0. The highest BCUT2D eigenvalue weighted by Crippen LogP contribution is 2.37. The smallest absolute Gasteiger partial charge is 0.206 e. The third-order valence-electron chi connectivity index (χ3n) is 4.92. The van der Waals surface area contributed by atoms with E-state index >= 15 is 4.39 Å². The first-order valence-electron chi connectivity index (χ1n) is 8.92. The molecule has 1 aromatic heterocycles. The van der Waals surface area contributed by atoms with E-state index in [1.54, 1.807) is 6.07 Å². The Morgan fingerprint density at radius 1 is 1.32 bits per heavy atom. The van der Waals surface area contributed by atoms with Crippen LogP contribution in [0.2, 0.25) is 0 Å². The molecule has 25 heavy (non-hydrogen) atoms. The molecule has 0 amide bonds. The number of aliphatic hydroxyl groups is 1. The number of aliphatic hydroxyl groups excluding tert-OH is 1. The lowest BCUT2D eigenvalue weighted by Gasteiger charge is -2.37. The van der Waals surface area contributed by atoms with E-state index in [-0.39, 0.29) is 24.4 Å². The molecule has 0 spiro atoms. The van der Waals surface area contributed by atoms with Crippen molar-refractivity contribution in [2.45, 2.75) is 45.5 Å². The van der Waals surface area contributed by atoms with Gasteiger partial charge in [0.05, 0.1) is 29.9 Å². The molecule has 136 valence electrons. The second kappa shape index (κ2) is 6.46. The summed E-state index contributed by atoms with van der Waals surface area (Å²) in [5.41, 5.74) is 1.07. The average molecular weight is 349 g/mol. The van der Waals surface area contributed by atoms with Gasteiger partial charge in [-0.15, -0.1) is 0 Å². The van der Waals surface area contributed by atoms with Gasteiger partial charge in [-0.25, -0.2) is 4.39 Å². The first-order chi connectivity index (χ1) is 12.1. The van der Waals surface area contributed by atoms with E-state index in [1.165, 1.54) is 12.8 Å². The molecule has 1 aliphatic carbocycles. The highest BCUT2D eigenvalue weighted by Gasteiger charge is 2.29. The third kappa shape index (κ3) is 3.18. The number of morpholine rings is 1. The fourth-order valence-electron chi connectivity index (χ4n) is 3.59. The molecule has 2 N–H and O–H groups in total. The van der Waals surface area contributed by atoms with Gasteiger partial charge in [0, 0.05) is 25.2 Å². The molecule has 1 aromatic carbocycles. The number of benzene rings is 1. The molecule has 2 aromatic rings. The van der Waals surface area contributed by atoms with Crippen LogP contribution < -0.4 is 10.2 Å². The molecular formula is C18H24FN3O3. The van der Waals surface area contributed by atoms with Gasteiger partial charge in [0.2, 0.25) is 5.58 Å². The molecule has 2 atom stereocenters. The van der Waals surface area contributed by atoms with E-state index in [0.717, 1.165) is 6.54 Å². The standard InChI is InChI=1S/C18H24FN3O3/c1-10-7-22(8-11(2)24-10)16-13(9-23)5-14-17(15(16)19)25-21-18(14)20-6-12-3-4-12/h5,10-12,23H,3-4,6-9H2,1-2H3,(H,20,21). The lowest BCUT2D eigenvalue weighted by Crippen LogP contribution is -2.46. The summed E-state index contributed by atoms with van der Waals surface area (Å²) in [6, 6.07) is 1.78. The van der Waals surface area contributed by atoms with Crippen molar-refractivity contribution >= 4 is 22.5 Å². The van der Waals surface area contributed by atoms with Crippen molar-refractivity contribution in [3.05, 3.63) is 17.4 Å². The predicted molar refractivity (Wildman–Crippen MR) is 93.3 cm³/mol. The molecule has 0 bridgehead atoms. The Labute approximate surface area is 145 Å². The van der Waals surface area contributed by atoms with E-state index in [9.17, 15) is 5.11 Å². The van der Waals surface area contributed by atoms with Crippen LogP contribution in [0.4, 0.5) is 15.9 Å². The number of hydrogen-bond acceptors (Lipinski definition) is 6. The van der Waals surface area contributed by atoms with E-state index < -0.39 is 5.82 Å². The van der Waals surface area contributed by atoms with Crippen molar-refractivity contribution in [3.63, 3.8) is 0 Å². The fraction of sp³-hybridized carbons (Fsp3) is 0.611. The molecule has 1 aliphatic heterocycles. The number of anilines is 2. The number of fused-ring (bicyclic) bond motifs is 1. The van der Waals surface area contributed by atoms with E-state index in [4.69, 9.17) is 9.26 Å². The number of halogens is 1. The normalized spacial score (nSPS) is 24.1. The van der Waals surface area contributed by atoms with Crippen LogP contribution in [-0.2, 0) is 11.3 Å². The highest BCUT2D eigenvalue weighted by atomic mass is 19.1. The molecular weight excluding hydrogens is 325 g/mol. The molecule has 2 fully saturated rings. The average Bonchev–Trinajstić information content (AvgIpc) is 3.31. The summed E-state index contributed by atoms with van der Waals surface area (Å²) in [6.45, 7) is 5.65. The predicted octanol–water partition coefficient (Wildman–Crippen LogP) is 2.89. The maximum atomic E-state index is 15.2. The van der Waals surface area contributed by atoms with Crippen LogP contribution >= 0.6 is 0 Å². The molecule has 2 aliphatic rings. The van der Waals surface area contributed by atoms with Gasteiger partial charge < -0.3 is 24.6 Å². The second-order valence-corrected chi connectivity index (χ2v) is 7.25. The second-order valence-electron chi connectivity index (χ2n) is 7.25.